The molecule has 2 amide bonds. The van der Waals surface area contributed by atoms with Crippen LogP contribution >= 0.6 is 0 Å². The highest BCUT2D eigenvalue weighted by Gasteiger charge is 2.49. The number of nitrogens with zero attached hydrogens (tertiary/aromatic N) is 1. The lowest BCUT2D eigenvalue weighted by Gasteiger charge is -2.24. The Bertz CT molecular complexity index is 583. The summed E-state index contributed by atoms with van der Waals surface area (Å²) < 4.78 is 3.86. The van der Waals surface area contributed by atoms with Gasteiger partial charge >= 0.3 is 18.0 Å². The zero-order valence-corrected chi connectivity index (χ0v) is 10.5. The summed E-state index contributed by atoms with van der Waals surface area (Å²) in [4.78, 5) is 34.7. The van der Waals surface area contributed by atoms with Crippen LogP contribution in [0.25, 0.3) is 0 Å². The lowest BCUT2D eigenvalue weighted by molar-refractivity contribution is 0.0600. The molecule has 0 saturated carbocycles. The molecule has 2 N–H and O–H groups in total. The van der Waals surface area contributed by atoms with Crippen molar-refractivity contribution < 1.29 is 24.2 Å². The zero-order valence-electron chi connectivity index (χ0n) is 10.5. The molecule has 0 saturated heterocycles. The number of rotatable bonds is 2. The van der Waals surface area contributed by atoms with Crippen LogP contribution in [0.1, 0.15) is 27.6 Å². The second-order valence-corrected chi connectivity index (χ2v) is 4.07. The van der Waals surface area contributed by atoms with E-state index >= 15 is 0 Å². The standard InChI is InChI=1S/C12H12N2O5/c1-3-14(12(17)18)9-6-7(11(16)19-2)4-5-8(9)10(15)13-14/h4-6H,3H2,1-2H3,(H-,13,15,17,18)/p+1. The number of benzene rings is 1. The maximum Gasteiger partial charge on any atom is 0.544 e. The van der Waals surface area contributed by atoms with Crippen molar-refractivity contribution in [2.24, 2.45) is 0 Å². The highest BCUT2D eigenvalue weighted by molar-refractivity contribution is 6.09. The third-order valence-corrected chi connectivity index (χ3v) is 3.17. The monoisotopic (exact) mass is 265 g/mol. The number of carbonyl (C=O) groups is 3. The van der Waals surface area contributed by atoms with Crippen LogP contribution in [0.3, 0.4) is 0 Å². The average molecular weight is 265 g/mol. The normalized spacial score (nSPS) is 20.6. The largest absolute Gasteiger partial charge is 0.544 e. The molecule has 1 aromatic carbocycles. The fraction of sp³-hybridized carbons (Fsp3) is 0.250. The summed E-state index contributed by atoms with van der Waals surface area (Å²) >= 11 is 0. The third-order valence-electron chi connectivity index (χ3n) is 3.17. The highest BCUT2D eigenvalue weighted by Crippen LogP contribution is 2.32. The lowest BCUT2D eigenvalue weighted by atomic mass is 10.1. The number of esters is 1. The number of methoxy groups -OCH3 is 1. The van der Waals surface area contributed by atoms with Crippen LogP contribution in [0, 0.1) is 0 Å². The fourth-order valence-corrected chi connectivity index (χ4v) is 2.11. The van der Waals surface area contributed by atoms with E-state index in [4.69, 9.17) is 0 Å². The van der Waals surface area contributed by atoms with Crippen molar-refractivity contribution in [2.75, 3.05) is 13.7 Å². The van der Waals surface area contributed by atoms with E-state index in [1.54, 1.807) is 6.92 Å². The Hall–Kier alpha value is -2.41. The van der Waals surface area contributed by atoms with Crippen molar-refractivity contribution >= 4 is 23.7 Å². The number of fused-ring (bicyclic) bond motifs is 1. The Labute approximate surface area is 108 Å². The molecule has 100 valence electrons. The first-order valence-electron chi connectivity index (χ1n) is 5.63. The average Bonchev–Trinajstić information content (AvgIpc) is 2.71. The molecule has 1 unspecified atom stereocenters. The minimum Gasteiger partial charge on any atom is -0.465 e. The van der Waals surface area contributed by atoms with Crippen LogP contribution in [0.5, 0.6) is 0 Å². The molecule has 19 heavy (non-hydrogen) atoms. The lowest BCUT2D eigenvalue weighted by Crippen LogP contribution is -2.60. The molecule has 1 aliphatic rings. The first-order valence-corrected chi connectivity index (χ1v) is 5.63. The van der Waals surface area contributed by atoms with Gasteiger partial charge in [0.1, 0.15) is 12.1 Å². The maximum atomic E-state index is 11.8. The molecule has 7 heteroatoms. The third kappa shape index (κ3) is 1.75. The summed E-state index contributed by atoms with van der Waals surface area (Å²) in [6, 6.07) is 4.23. The van der Waals surface area contributed by atoms with E-state index in [1.165, 1.54) is 25.3 Å². The first kappa shape index (κ1) is 13.0. The van der Waals surface area contributed by atoms with Gasteiger partial charge in [-0.1, -0.05) is 4.59 Å². The molecule has 1 heterocycles. The smallest absolute Gasteiger partial charge is 0.465 e. The van der Waals surface area contributed by atoms with Crippen molar-refractivity contribution in [2.45, 2.75) is 6.92 Å². The zero-order chi connectivity index (χ0) is 14.2. The highest BCUT2D eigenvalue weighted by atomic mass is 16.5. The van der Waals surface area contributed by atoms with Gasteiger partial charge in [-0.05, 0) is 19.1 Å². The maximum absolute atomic E-state index is 11.8. The molecule has 0 aliphatic carbocycles. The van der Waals surface area contributed by atoms with Gasteiger partial charge in [0.15, 0.2) is 5.69 Å². The van der Waals surface area contributed by atoms with Crippen molar-refractivity contribution in [3.05, 3.63) is 29.3 Å². The van der Waals surface area contributed by atoms with Gasteiger partial charge in [0.2, 0.25) is 0 Å². The molecule has 1 aromatic rings. The summed E-state index contributed by atoms with van der Waals surface area (Å²) in [5.41, 5.74) is 3.10. The number of hydrogen-bond acceptors (Lipinski definition) is 4. The second-order valence-electron chi connectivity index (χ2n) is 4.07. The first-order chi connectivity index (χ1) is 8.96. The molecule has 1 aliphatic heterocycles. The molecular weight excluding hydrogens is 252 g/mol. The topological polar surface area (TPSA) is 92.7 Å². The Balaban J connectivity index is 2.64. The van der Waals surface area contributed by atoms with Crippen molar-refractivity contribution in [1.82, 2.24) is 10.0 Å². The summed E-state index contributed by atoms with van der Waals surface area (Å²) in [5, 5.41) is 9.36. The molecule has 0 fully saturated rings. The molecular formula is C12H13N2O5+. The van der Waals surface area contributed by atoms with Gasteiger partial charge in [-0.3, -0.25) is 4.79 Å². The van der Waals surface area contributed by atoms with E-state index in [9.17, 15) is 19.5 Å². The van der Waals surface area contributed by atoms with Crippen molar-refractivity contribution in [3.8, 4) is 0 Å². The van der Waals surface area contributed by atoms with Gasteiger partial charge in [-0.25, -0.2) is 4.79 Å². The minimum absolute atomic E-state index is 0.124. The van der Waals surface area contributed by atoms with Crippen LogP contribution in [-0.4, -0.2) is 36.7 Å². The van der Waals surface area contributed by atoms with E-state index in [0.29, 0.717) is 0 Å². The Morgan fingerprint density at radius 3 is 2.63 bits per heavy atom. The summed E-state index contributed by atoms with van der Waals surface area (Å²) in [6.45, 7) is 1.76. The summed E-state index contributed by atoms with van der Waals surface area (Å²) in [7, 11) is 1.23. The quantitative estimate of drug-likeness (QED) is 0.617. The number of carboxylic acid groups (broad SMARTS) is 1. The van der Waals surface area contributed by atoms with E-state index in [-0.39, 0.29) is 23.4 Å². The number of ether oxygens (including phenoxy) is 1. The van der Waals surface area contributed by atoms with Crippen molar-refractivity contribution in [1.29, 1.82) is 0 Å². The predicted molar refractivity (Wildman–Crippen MR) is 65.6 cm³/mol. The van der Waals surface area contributed by atoms with Crippen LogP contribution in [0.2, 0.25) is 0 Å². The van der Waals surface area contributed by atoms with Crippen LogP contribution in [-0.2, 0) is 4.74 Å². The second kappa shape index (κ2) is 4.36. The number of amides is 2. The van der Waals surface area contributed by atoms with Crippen LogP contribution in [0.15, 0.2) is 18.2 Å². The molecule has 0 radical (unpaired) electrons. The van der Waals surface area contributed by atoms with Gasteiger partial charge in [-0.15, -0.1) is 0 Å². The van der Waals surface area contributed by atoms with E-state index in [0.717, 1.165) is 0 Å². The van der Waals surface area contributed by atoms with Gasteiger partial charge < -0.3 is 9.84 Å². The van der Waals surface area contributed by atoms with E-state index in [2.05, 4.69) is 10.2 Å². The number of nitrogens with one attached hydrogen (secondary N) is 1. The van der Waals surface area contributed by atoms with Gasteiger partial charge in [0.25, 0.3) is 0 Å². The fourth-order valence-electron chi connectivity index (χ4n) is 2.11. The van der Waals surface area contributed by atoms with Gasteiger partial charge in [0, 0.05) is 6.07 Å². The molecule has 0 bridgehead atoms. The van der Waals surface area contributed by atoms with Gasteiger partial charge in [0.05, 0.1) is 12.7 Å². The van der Waals surface area contributed by atoms with Crippen LogP contribution < -0.4 is 10.0 Å². The molecule has 2 rings (SSSR count). The Kier molecular flexibility index (Phi) is 2.99. The van der Waals surface area contributed by atoms with E-state index in [1.807, 2.05) is 0 Å². The van der Waals surface area contributed by atoms with Crippen molar-refractivity contribution in [3.63, 3.8) is 0 Å². The SMILES string of the molecule is CC[N+]1(C(=O)O)NC(=O)c2ccc(C(=O)OC)cc21. The molecule has 0 aromatic heterocycles. The van der Waals surface area contributed by atoms with E-state index < -0.39 is 22.6 Å². The number of hydrogen-bond donors (Lipinski definition) is 2. The van der Waals surface area contributed by atoms with Crippen LogP contribution in [0.4, 0.5) is 10.5 Å². The Morgan fingerprint density at radius 2 is 2.11 bits per heavy atom. The Morgan fingerprint density at radius 1 is 1.42 bits per heavy atom. The summed E-state index contributed by atoms with van der Waals surface area (Å²) in [5.74, 6) is -1.06. The molecule has 7 nitrogen and oxygen atoms in total. The summed E-state index contributed by atoms with van der Waals surface area (Å²) in [6.07, 6.45) is -1.21. The number of quaternary nitrogens is 1. The molecule has 1 atom stereocenters. The number of carbonyl (C=O) groups excluding carboxylic acids is 2. The minimum atomic E-state index is -1.21. The van der Waals surface area contributed by atoms with Gasteiger partial charge in [-0.2, -0.15) is 10.2 Å². The predicted octanol–water partition coefficient (Wildman–Crippen LogP) is 1.14. The molecule has 0 spiro atoms.